The molecule has 0 aromatic heterocycles. The normalized spacial score (nSPS) is 19.3. The van der Waals surface area contributed by atoms with Crippen LogP contribution in [0.3, 0.4) is 0 Å². The van der Waals surface area contributed by atoms with E-state index < -0.39 is 41.5 Å². The molecule has 1 aliphatic rings. The Bertz CT molecular complexity index is 876. The lowest BCUT2D eigenvalue weighted by Crippen LogP contribution is -2.40. The number of alkyl halides is 6. The summed E-state index contributed by atoms with van der Waals surface area (Å²) < 4.78 is 79.5. The van der Waals surface area contributed by atoms with Crippen LogP contribution in [0.2, 0.25) is 0 Å². The summed E-state index contributed by atoms with van der Waals surface area (Å²) in [7, 11) is 0. The second-order valence-electron chi connectivity index (χ2n) is 6.84. The van der Waals surface area contributed by atoms with Crippen LogP contribution < -0.4 is 0 Å². The predicted molar refractivity (Wildman–Crippen MR) is 92.1 cm³/mol. The Balaban J connectivity index is 2.15. The van der Waals surface area contributed by atoms with Gasteiger partial charge in [0.1, 0.15) is 6.04 Å². The molecule has 1 aliphatic heterocycles. The number of likely N-dealkylation sites (tertiary alicyclic amines) is 1. The first kappa shape index (κ1) is 21.2. The van der Waals surface area contributed by atoms with Crippen LogP contribution in [-0.4, -0.2) is 28.6 Å². The molecule has 2 aromatic rings. The summed E-state index contributed by atoms with van der Waals surface area (Å²) >= 11 is 0. The lowest BCUT2D eigenvalue weighted by atomic mass is 9.91. The third-order valence-electron chi connectivity index (χ3n) is 5.03. The molecule has 1 saturated heterocycles. The second-order valence-corrected chi connectivity index (χ2v) is 6.84. The maximum atomic E-state index is 13.6. The van der Waals surface area contributed by atoms with E-state index in [0.29, 0.717) is 6.42 Å². The maximum absolute atomic E-state index is 13.6. The third-order valence-corrected chi connectivity index (χ3v) is 5.03. The SMILES string of the molecule is O=C(O)C1CCCN1C(c1ccc(C(F)(F)F)cc1)c1ccccc1C(F)(F)F. The molecule has 0 bridgehead atoms. The van der Waals surface area contributed by atoms with Crippen molar-refractivity contribution in [2.45, 2.75) is 37.3 Å². The summed E-state index contributed by atoms with van der Waals surface area (Å²) in [6.45, 7) is 0.217. The van der Waals surface area contributed by atoms with Gasteiger partial charge in [-0.3, -0.25) is 9.69 Å². The molecular formula is C20H17F6NO2. The number of hydrogen-bond donors (Lipinski definition) is 1. The first-order valence-electron chi connectivity index (χ1n) is 8.82. The molecule has 2 atom stereocenters. The van der Waals surface area contributed by atoms with Gasteiger partial charge in [0, 0.05) is 6.54 Å². The lowest BCUT2D eigenvalue weighted by molar-refractivity contribution is -0.143. The molecule has 1 heterocycles. The Labute approximate surface area is 162 Å². The largest absolute Gasteiger partial charge is 0.480 e. The molecular weight excluding hydrogens is 400 g/mol. The van der Waals surface area contributed by atoms with E-state index in [1.165, 1.54) is 23.1 Å². The van der Waals surface area contributed by atoms with Crippen LogP contribution in [0.25, 0.3) is 0 Å². The van der Waals surface area contributed by atoms with Crippen molar-refractivity contribution < 1.29 is 36.2 Å². The molecule has 2 unspecified atom stereocenters. The molecule has 2 aromatic carbocycles. The molecule has 0 aliphatic carbocycles. The molecule has 156 valence electrons. The fourth-order valence-electron chi connectivity index (χ4n) is 3.76. The Kier molecular flexibility index (Phi) is 5.62. The number of carbonyl (C=O) groups is 1. The van der Waals surface area contributed by atoms with Gasteiger partial charge in [-0.15, -0.1) is 0 Å². The monoisotopic (exact) mass is 417 g/mol. The standard InChI is InChI=1S/C20H17F6NO2/c21-19(22,23)13-9-7-12(8-10-13)17(27-11-3-6-16(27)18(28)29)14-4-1-2-5-15(14)20(24,25)26/h1-2,4-5,7-10,16-17H,3,6,11H2,(H,28,29). The van der Waals surface area contributed by atoms with E-state index in [-0.39, 0.29) is 24.1 Å². The molecule has 3 rings (SSSR count). The van der Waals surface area contributed by atoms with E-state index in [1.54, 1.807) is 0 Å². The van der Waals surface area contributed by atoms with Crippen molar-refractivity contribution in [1.29, 1.82) is 0 Å². The Morgan fingerprint density at radius 2 is 1.59 bits per heavy atom. The van der Waals surface area contributed by atoms with Gasteiger partial charge in [-0.25, -0.2) is 0 Å². The van der Waals surface area contributed by atoms with E-state index in [0.717, 1.165) is 30.3 Å². The van der Waals surface area contributed by atoms with E-state index in [4.69, 9.17) is 0 Å². The molecule has 0 spiro atoms. The molecule has 29 heavy (non-hydrogen) atoms. The summed E-state index contributed by atoms with van der Waals surface area (Å²) in [6.07, 6.45) is -8.57. The van der Waals surface area contributed by atoms with Crippen molar-refractivity contribution >= 4 is 5.97 Å². The molecule has 3 nitrogen and oxygen atoms in total. The quantitative estimate of drug-likeness (QED) is 0.681. The van der Waals surface area contributed by atoms with Crippen LogP contribution in [-0.2, 0) is 17.1 Å². The zero-order valence-electron chi connectivity index (χ0n) is 15.0. The highest BCUT2D eigenvalue weighted by atomic mass is 19.4. The van der Waals surface area contributed by atoms with Gasteiger partial charge in [0.05, 0.1) is 17.2 Å². The van der Waals surface area contributed by atoms with Crippen molar-refractivity contribution in [1.82, 2.24) is 4.90 Å². The van der Waals surface area contributed by atoms with Crippen molar-refractivity contribution in [3.63, 3.8) is 0 Å². The average Bonchev–Trinajstić information content (AvgIpc) is 3.11. The van der Waals surface area contributed by atoms with Crippen LogP contribution in [0.15, 0.2) is 48.5 Å². The van der Waals surface area contributed by atoms with Crippen molar-refractivity contribution in [2.24, 2.45) is 0 Å². The number of benzene rings is 2. The van der Waals surface area contributed by atoms with Gasteiger partial charge in [-0.2, -0.15) is 26.3 Å². The fraction of sp³-hybridized carbons (Fsp3) is 0.350. The van der Waals surface area contributed by atoms with Crippen molar-refractivity contribution in [3.05, 3.63) is 70.8 Å². The number of carboxylic acid groups (broad SMARTS) is 1. The number of aliphatic carboxylic acids is 1. The van der Waals surface area contributed by atoms with E-state index in [9.17, 15) is 36.2 Å². The highest BCUT2D eigenvalue weighted by Crippen LogP contribution is 2.42. The molecule has 0 radical (unpaired) electrons. The van der Waals surface area contributed by atoms with Crippen LogP contribution in [0.5, 0.6) is 0 Å². The summed E-state index contributed by atoms with van der Waals surface area (Å²) in [5.74, 6) is -1.18. The average molecular weight is 417 g/mol. The van der Waals surface area contributed by atoms with Gasteiger partial charge in [0.15, 0.2) is 0 Å². The zero-order chi connectivity index (χ0) is 21.4. The minimum absolute atomic E-state index is 0.169. The summed E-state index contributed by atoms with van der Waals surface area (Å²) in [5.41, 5.74) is -1.89. The maximum Gasteiger partial charge on any atom is 0.416 e. The van der Waals surface area contributed by atoms with E-state index >= 15 is 0 Å². The van der Waals surface area contributed by atoms with Gasteiger partial charge in [0.2, 0.25) is 0 Å². The van der Waals surface area contributed by atoms with Crippen molar-refractivity contribution in [2.75, 3.05) is 6.54 Å². The van der Waals surface area contributed by atoms with Gasteiger partial charge in [-0.1, -0.05) is 30.3 Å². The van der Waals surface area contributed by atoms with Gasteiger partial charge >= 0.3 is 18.3 Å². The smallest absolute Gasteiger partial charge is 0.416 e. The lowest BCUT2D eigenvalue weighted by Gasteiger charge is -2.33. The van der Waals surface area contributed by atoms with E-state index in [2.05, 4.69) is 0 Å². The summed E-state index contributed by atoms with van der Waals surface area (Å²) in [5, 5.41) is 9.49. The van der Waals surface area contributed by atoms with Crippen LogP contribution >= 0.6 is 0 Å². The first-order valence-corrected chi connectivity index (χ1v) is 8.82. The summed E-state index contributed by atoms with van der Waals surface area (Å²) in [4.78, 5) is 13.0. The summed E-state index contributed by atoms with van der Waals surface area (Å²) in [6, 6.07) is 6.38. The molecule has 1 N–H and O–H groups in total. The zero-order valence-corrected chi connectivity index (χ0v) is 15.0. The number of hydrogen-bond acceptors (Lipinski definition) is 2. The van der Waals surface area contributed by atoms with E-state index in [1.807, 2.05) is 0 Å². The molecule has 0 saturated carbocycles. The Hall–Kier alpha value is -2.55. The fourth-order valence-corrected chi connectivity index (χ4v) is 3.76. The first-order chi connectivity index (χ1) is 13.5. The van der Waals surface area contributed by atoms with Gasteiger partial charge < -0.3 is 5.11 Å². The minimum Gasteiger partial charge on any atom is -0.480 e. The highest BCUT2D eigenvalue weighted by Gasteiger charge is 2.41. The third kappa shape index (κ3) is 4.39. The number of carboxylic acids is 1. The predicted octanol–water partition coefficient (Wildman–Crippen LogP) is 5.36. The number of rotatable bonds is 4. The Morgan fingerprint density at radius 1 is 0.966 bits per heavy atom. The number of halogens is 6. The van der Waals surface area contributed by atoms with Crippen LogP contribution in [0, 0.1) is 0 Å². The van der Waals surface area contributed by atoms with Crippen LogP contribution in [0.4, 0.5) is 26.3 Å². The topological polar surface area (TPSA) is 40.5 Å². The second kappa shape index (κ2) is 7.70. The Morgan fingerprint density at radius 3 is 2.14 bits per heavy atom. The van der Waals surface area contributed by atoms with Crippen molar-refractivity contribution in [3.8, 4) is 0 Å². The minimum atomic E-state index is -4.70. The number of nitrogens with zero attached hydrogens (tertiary/aromatic N) is 1. The molecule has 0 amide bonds. The van der Waals surface area contributed by atoms with Gasteiger partial charge in [0.25, 0.3) is 0 Å². The molecule has 1 fully saturated rings. The van der Waals surface area contributed by atoms with Gasteiger partial charge in [-0.05, 0) is 42.2 Å². The highest BCUT2D eigenvalue weighted by molar-refractivity contribution is 5.74. The molecule has 9 heteroatoms. The van der Waals surface area contributed by atoms with Crippen LogP contribution in [0.1, 0.15) is 41.1 Å².